The van der Waals surface area contributed by atoms with Gasteiger partial charge in [-0.05, 0) is 22.3 Å². The average molecular weight is 527 g/mol. The molecule has 0 saturated heterocycles. The summed E-state index contributed by atoms with van der Waals surface area (Å²) in [4.78, 5) is 5.39. The summed E-state index contributed by atoms with van der Waals surface area (Å²) in [5.41, 5.74) is 9.58. The Morgan fingerprint density at radius 1 is 0.436 bits per heavy atom. The zero-order chi connectivity index (χ0) is 27.1. The van der Waals surface area contributed by atoms with Crippen LogP contribution in [0.5, 0.6) is 0 Å². The maximum absolute atomic E-state index is 11.0. The van der Waals surface area contributed by atoms with Crippen molar-refractivity contribution in [2.24, 2.45) is 0 Å². The molecule has 4 aromatic carbocycles. The molecule has 0 amide bonds. The summed E-state index contributed by atoms with van der Waals surface area (Å²) in [6.07, 6.45) is -1.36. The molecule has 0 spiro atoms. The summed E-state index contributed by atoms with van der Waals surface area (Å²) < 4.78 is 0. The number of hydroxylamine groups is 2. The molecular formula is C32H38N4O3. The molecule has 7 nitrogen and oxygen atoms in total. The third-order valence-electron chi connectivity index (χ3n) is 6.56. The van der Waals surface area contributed by atoms with E-state index in [0.717, 1.165) is 22.3 Å². The monoisotopic (exact) mass is 526 g/mol. The predicted octanol–water partition coefficient (Wildman–Crippen LogP) is 4.14. The van der Waals surface area contributed by atoms with Gasteiger partial charge < -0.3 is 20.8 Å². The predicted molar refractivity (Wildman–Crippen MR) is 154 cm³/mol. The Labute approximate surface area is 230 Å². The van der Waals surface area contributed by atoms with Crippen molar-refractivity contribution in [2.75, 3.05) is 26.2 Å². The minimum atomic E-state index is -0.678. The van der Waals surface area contributed by atoms with Crippen molar-refractivity contribution >= 4 is 0 Å². The number of hydrogen-bond donors (Lipinski definition) is 6. The normalized spacial score (nSPS) is 14.4. The highest BCUT2D eigenvalue weighted by Crippen LogP contribution is 2.29. The summed E-state index contributed by atoms with van der Waals surface area (Å²) >= 11 is 0. The Hall–Kier alpha value is -3.40. The smallest absolute Gasteiger partial charge is 0.0984 e. The van der Waals surface area contributed by atoms with Gasteiger partial charge in [0.25, 0.3) is 0 Å². The third-order valence-corrected chi connectivity index (χ3v) is 6.56. The van der Waals surface area contributed by atoms with Gasteiger partial charge in [0.1, 0.15) is 0 Å². The fourth-order valence-corrected chi connectivity index (χ4v) is 4.54. The molecule has 0 aliphatic heterocycles. The molecular weight excluding hydrogens is 488 g/mol. The van der Waals surface area contributed by atoms with Crippen molar-refractivity contribution in [3.8, 4) is 0 Å². The van der Waals surface area contributed by atoms with Crippen LogP contribution in [0.15, 0.2) is 121 Å². The van der Waals surface area contributed by atoms with Gasteiger partial charge in [-0.15, -0.1) is 0 Å². The summed E-state index contributed by atoms with van der Waals surface area (Å²) in [5, 5.41) is 28.9. The first kappa shape index (κ1) is 28.6. The van der Waals surface area contributed by atoms with Gasteiger partial charge in [-0.1, -0.05) is 121 Å². The van der Waals surface area contributed by atoms with Crippen LogP contribution >= 0.6 is 0 Å². The number of rotatable bonds is 16. The van der Waals surface area contributed by atoms with Gasteiger partial charge in [0.15, 0.2) is 0 Å². The number of aliphatic hydroxyl groups is 2. The van der Waals surface area contributed by atoms with Crippen LogP contribution in [0.4, 0.5) is 0 Å². The fraction of sp³-hybridized carbons (Fsp3) is 0.250. The molecule has 4 atom stereocenters. The van der Waals surface area contributed by atoms with Crippen LogP contribution in [0, 0.1) is 0 Å². The molecule has 7 heteroatoms. The average Bonchev–Trinajstić information content (AvgIpc) is 3.01. The highest BCUT2D eigenvalue weighted by atomic mass is 16.8. The quantitative estimate of drug-likeness (QED) is 0.0965. The van der Waals surface area contributed by atoms with E-state index >= 15 is 0 Å². The molecule has 4 unspecified atom stereocenters. The maximum atomic E-state index is 11.0. The van der Waals surface area contributed by atoms with Gasteiger partial charge in [-0.3, -0.25) is 0 Å². The van der Waals surface area contributed by atoms with E-state index in [2.05, 4.69) is 21.6 Å². The van der Waals surface area contributed by atoms with Crippen LogP contribution in [0.1, 0.15) is 46.5 Å². The molecule has 0 saturated carbocycles. The van der Waals surface area contributed by atoms with Gasteiger partial charge in [0.05, 0.1) is 24.3 Å². The first-order chi connectivity index (χ1) is 19.2. The summed E-state index contributed by atoms with van der Waals surface area (Å²) in [6.45, 7) is 2.24. The third kappa shape index (κ3) is 8.81. The number of benzene rings is 4. The van der Waals surface area contributed by atoms with E-state index in [4.69, 9.17) is 4.94 Å². The van der Waals surface area contributed by atoms with E-state index in [1.165, 1.54) is 0 Å². The Balaban J connectivity index is 1.19. The van der Waals surface area contributed by atoms with Gasteiger partial charge >= 0.3 is 0 Å². The van der Waals surface area contributed by atoms with Crippen LogP contribution < -0.4 is 21.6 Å². The molecule has 4 aromatic rings. The van der Waals surface area contributed by atoms with E-state index in [0.29, 0.717) is 26.2 Å². The van der Waals surface area contributed by atoms with Crippen molar-refractivity contribution in [3.63, 3.8) is 0 Å². The lowest BCUT2D eigenvalue weighted by atomic mass is 9.96. The second-order valence-electron chi connectivity index (χ2n) is 9.29. The van der Waals surface area contributed by atoms with Crippen molar-refractivity contribution in [1.29, 1.82) is 0 Å². The first-order valence-electron chi connectivity index (χ1n) is 13.4. The molecule has 4 rings (SSSR count). The minimum Gasteiger partial charge on any atom is -0.386 e. The second-order valence-corrected chi connectivity index (χ2v) is 9.29. The Morgan fingerprint density at radius 2 is 0.744 bits per heavy atom. The molecule has 39 heavy (non-hydrogen) atoms. The molecule has 0 fully saturated rings. The summed E-state index contributed by atoms with van der Waals surface area (Å²) in [7, 11) is 0. The van der Waals surface area contributed by atoms with E-state index in [1.807, 2.05) is 121 Å². The van der Waals surface area contributed by atoms with Crippen LogP contribution in [0.2, 0.25) is 0 Å². The van der Waals surface area contributed by atoms with E-state index < -0.39 is 12.2 Å². The maximum Gasteiger partial charge on any atom is 0.0984 e. The lowest BCUT2D eigenvalue weighted by Crippen LogP contribution is -2.38. The van der Waals surface area contributed by atoms with Crippen LogP contribution in [0.3, 0.4) is 0 Å². The molecule has 0 bridgehead atoms. The van der Waals surface area contributed by atoms with Crippen LogP contribution in [0.25, 0.3) is 0 Å². The van der Waals surface area contributed by atoms with Gasteiger partial charge in [-0.25, -0.2) is 4.94 Å². The highest BCUT2D eigenvalue weighted by Gasteiger charge is 2.23. The zero-order valence-electron chi connectivity index (χ0n) is 22.0. The van der Waals surface area contributed by atoms with Gasteiger partial charge in [0.2, 0.25) is 0 Å². The SMILES string of the molecule is OC(c1ccccc1)C(NCCNONCCNC(c1ccccc1)C(O)c1ccccc1)c1ccccc1. The van der Waals surface area contributed by atoms with Gasteiger partial charge in [0, 0.05) is 26.2 Å². The number of hydrogen-bond acceptors (Lipinski definition) is 7. The van der Waals surface area contributed by atoms with Crippen molar-refractivity contribution in [3.05, 3.63) is 144 Å². The number of nitrogens with one attached hydrogen (secondary N) is 4. The van der Waals surface area contributed by atoms with Crippen LogP contribution in [-0.2, 0) is 4.94 Å². The second kappa shape index (κ2) is 15.9. The van der Waals surface area contributed by atoms with Crippen LogP contribution in [-0.4, -0.2) is 36.4 Å². The van der Waals surface area contributed by atoms with E-state index in [-0.39, 0.29) is 12.1 Å². The molecule has 6 N–H and O–H groups in total. The van der Waals surface area contributed by atoms with Gasteiger partial charge in [-0.2, -0.15) is 11.0 Å². The molecule has 0 aliphatic rings. The Bertz CT molecular complexity index is 1090. The standard InChI is InChI=1S/C32H38N4O3/c37-31(27-17-9-3-10-18-27)29(25-13-5-1-6-14-25)33-21-23-35-39-36-24-22-34-30(26-15-7-2-8-16-26)32(38)28-19-11-4-12-20-28/h1-20,29-38H,21-24H2. The molecule has 0 aliphatic carbocycles. The molecule has 204 valence electrons. The highest BCUT2D eigenvalue weighted by molar-refractivity contribution is 5.27. The molecule has 0 aromatic heterocycles. The van der Waals surface area contributed by atoms with Crippen molar-refractivity contribution < 1.29 is 15.2 Å². The Morgan fingerprint density at radius 3 is 1.08 bits per heavy atom. The summed E-state index contributed by atoms with van der Waals surface area (Å²) in [6, 6.07) is 38.7. The Kier molecular flexibility index (Phi) is 11.6. The summed E-state index contributed by atoms with van der Waals surface area (Å²) in [5.74, 6) is 0. The number of aliphatic hydroxyl groups excluding tert-OH is 2. The largest absolute Gasteiger partial charge is 0.386 e. The fourth-order valence-electron chi connectivity index (χ4n) is 4.54. The van der Waals surface area contributed by atoms with E-state index in [9.17, 15) is 10.2 Å². The topological polar surface area (TPSA) is 97.8 Å². The lowest BCUT2D eigenvalue weighted by Gasteiger charge is -2.25. The minimum absolute atomic E-state index is 0.251. The lowest BCUT2D eigenvalue weighted by molar-refractivity contribution is -0.0376. The molecule has 0 radical (unpaired) electrons. The van der Waals surface area contributed by atoms with E-state index in [1.54, 1.807) is 0 Å². The molecule has 0 heterocycles. The van der Waals surface area contributed by atoms with Crippen molar-refractivity contribution in [1.82, 2.24) is 21.6 Å². The first-order valence-corrected chi connectivity index (χ1v) is 13.4. The zero-order valence-corrected chi connectivity index (χ0v) is 22.0. The van der Waals surface area contributed by atoms with Crippen molar-refractivity contribution in [2.45, 2.75) is 24.3 Å².